The van der Waals surface area contributed by atoms with Gasteiger partial charge in [-0.15, -0.1) is 0 Å². The second-order valence-electron chi connectivity index (χ2n) is 3.88. The summed E-state index contributed by atoms with van der Waals surface area (Å²) in [4.78, 5) is 10.8. The zero-order valence-corrected chi connectivity index (χ0v) is 9.78. The highest BCUT2D eigenvalue weighted by atomic mass is 16.5. The van der Waals surface area contributed by atoms with Crippen molar-refractivity contribution >= 4 is 5.97 Å². The molecule has 1 rings (SSSR count). The van der Waals surface area contributed by atoms with E-state index in [0.717, 1.165) is 5.56 Å². The van der Waals surface area contributed by atoms with Crippen LogP contribution < -0.4 is 4.74 Å². The van der Waals surface area contributed by atoms with Crippen LogP contribution in [-0.4, -0.2) is 17.7 Å². The standard InChI is InChI=1S/C13H16O3/c1-9(2)6-7-16-12-8-11(13(14)15)5-4-10(12)3/h4-6,8H,7H2,1-3H3,(H,14,15). The summed E-state index contributed by atoms with van der Waals surface area (Å²) in [5.74, 6) is -0.315. The fraction of sp³-hybridized carbons (Fsp3) is 0.308. The fourth-order valence-corrected chi connectivity index (χ4v) is 1.19. The SMILES string of the molecule is CC(C)=CCOc1cc(C(=O)O)ccc1C. The predicted octanol–water partition coefficient (Wildman–Crippen LogP) is 3.04. The lowest BCUT2D eigenvalue weighted by Crippen LogP contribution is -2.00. The monoisotopic (exact) mass is 220 g/mol. The molecule has 0 bridgehead atoms. The Bertz CT molecular complexity index is 415. The van der Waals surface area contributed by atoms with Gasteiger partial charge in [0.05, 0.1) is 5.56 Å². The molecular weight excluding hydrogens is 204 g/mol. The summed E-state index contributed by atoms with van der Waals surface area (Å²) in [6.45, 7) is 6.34. The second kappa shape index (κ2) is 5.35. The topological polar surface area (TPSA) is 46.5 Å². The molecule has 0 aliphatic carbocycles. The van der Waals surface area contributed by atoms with Gasteiger partial charge in [0.15, 0.2) is 0 Å². The van der Waals surface area contributed by atoms with E-state index in [-0.39, 0.29) is 5.56 Å². The van der Waals surface area contributed by atoms with Crippen LogP contribution >= 0.6 is 0 Å². The maximum atomic E-state index is 10.8. The van der Waals surface area contributed by atoms with Crippen LogP contribution in [0.25, 0.3) is 0 Å². The summed E-state index contributed by atoms with van der Waals surface area (Å²) < 4.78 is 5.50. The molecule has 0 aromatic heterocycles. The average Bonchev–Trinajstić information content (AvgIpc) is 2.20. The number of hydrogen-bond acceptors (Lipinski definition) is 2. The zero-order chi connectivity index (χ0) is 12.1. The van der Waals surface area contributed by atoms with Crippen LogP contribution in [0, 0.1) is 6.92 Å². The van der Waals surface area contributed by atoms with Crippen LogP contribution in [0.1, 0.15) is 29.8 Å². The first kappa shape index (κ1) is 12.3. The first-order valence-corrected chi connectivity index (χ1v) is 5.11. The van der Waals surface area contributed by atoms with Crippen molar-refractivity contribution in [2.24, 2.45) is 0 Å². The molecule has 3 heteroatoms. The quantitative estimate of drug-likeness (QED) is 0.793. The molecule has 0 aliphatic rings. The van der Waals surface area contributed by atoms with E-state index < -0.39 is 5.97 Å². The molecule has 0 saturated carbocycles. The van der Waals surface area contributed by atoms with Gasteiger partial charge in [-0.05, 0) is 44.5 Å². The highest BCUT2D eigenvalue weighted by Gasteiger charge is 2.06. The summed E-state index contributed by atoms with van der Waals surface area (Å²) in [5.41, 5.74) is 2.36. The van der Waals surface area contributed by atoms with E-state index in [0.29, 0.717) is 12.4 Å². The summed E-state index contributed by atoms with van der Waals surface area (Å²) in [6, 6.07) is 4.88. The Hall–Kier alpha value is -1.77. The van der Waals surface area contributed by atoms with Gasteiger partial charge in [0.25, 0.3) is 0 Å². The van der Waals surface area contributed by atoms with Crippen LogP contribution in [0.4, 0.5) is 0 Å². The summed E-state index contributed by atoms with van der Waals surface area (Å²) in [6.07, 6.45) is 1.95. The molecule has 0 fully saturated rings. The number of benzene rings is 1. The Kier molecular flexibility index (Phi) is 4.11. The lowest BCUT2D eigenvalue weighted by atomic mass is 10.1. The van der Waals surface area contributed by atoms with Crippen molar-refractivity contribution in [3.8, 4) is 5.75 Å². The molecule has 1 aromatic carbocycles. The van der Waals surface area contributed by atoms with E-state index in [1.54, 1.807) is 18.2 Å². The van der Waals surface area contributed by atoms with Crippen LogP contribution in [0.2, 0.25) is 0 Å². The molecule has 0 atom stereocenters. The van der Waals surface area contributed by atoms with Crippen molar-refractivity contribution in [1.29, 1.82) is 0 Å². The normalized spacial score (nSPS) is 9.69. The summed E-state index contributed by atoms with van der Waals surface area (Å²) >= 11 is 0. The van der Waals surface area contributed by atoms with E-state index in [1.165, 1.54) is 5.57 Å². The van der Waals surface area contributed by atoms with Gasteiger partial charge in [0.1, 0.15) is 12.4 Å². The van der Waals surface area contributed by atoms with Crippen molar-refractivity contribution < 1.29 is 14.6 Å². The molecule has 0 radical (unpaired) electrons. The number of hydrogen-bond donors (Lipinski definition) is 1. The third-order valence-corrected chi connectivity index (χ3v) is 2.17. The van der Waals surface area contributed by atoms with Crippen molar-refractivity contribution in [1.82, 2.24) is 0 Å². The van der Waals surface area contributed by atoms with Crippen LogP contribution in [0.5, 0.6) is 5.75 Å². The fourth-order valence-electron chi connectivity index (χ4n) is 1.19. The Morgan fingerprint density at radius 2 is 2.12 bits per heavy atom. The van der Waals surface area contributed by atoms with Gasteiger partial charge in [0.2, 0.25) is 0 Å². The number of allylic oxidation sites excluding steroid dienone is 1. The van der Waals surface area contributed by atoms with E-state index >= 15 is 0 Å². The average molecular weight is 220 g/mol. The Labute approximate surface area is 95.4 Å². The lowest BCUT2D eigenvalue weighted by molar-refractivity contribution is 0.0696. The molecule has 0 heterocycles. The molecule has 1 aromatic rings. The van der Waals surface area contributed by atoms with E-state index in [4.69, 9.17) is 9.84 Å². The molecule has 0 saturated heterocycles. The number of aryl methyl sites for hydroxylation is 1. The van der Waals surface area contributed by atoms with E-state index in [9.17, 15) is 4.79 Å². The number of aromatic carboxylic acids is 1. The molecule has 3 nitrogen and oxygen atoms in total. The molecule has 0 amide bonds. The molecule has 0 spiro atoms. The first-order chi connectivity index (χ1) is 7.50. The van der Waals surface area contributed by atoms with Gasteiger partial charge in [0, 0.05) is 0 Å². The number of carbonyl (C=O) groups is 1. The highest BCUT2D eigenvalue weighted by molar-refractivity contribution is 5.88. The Morgan fingerprint density at radius 3 is 2.69 bits per heavy atom. The van der Waals surface area contributed by atoms with Gasteiger partial charge in [-0.25, -0.2) is 4.79 Å². The van der Waals surface area contributed by atoms with Crippen molar-refractivity contribution in [3.05, 3.63) is 41.0 Å². The Morgan fingerprint density at radius 1 is 1.44 bits per heavy atom. The minimum atomic E-state index is -0.938. The third kappa shape index (κ3) is 3.42. The lowest BCUT2D eigenvalue weighted by Gasteiger charge is -2.08. The largest absolute Gasteiger partial charge is 0.489 e. The summed E-state index contributed by atoms with van der Waals surface area (Å²) in [7, 11) is 0. The minimum absolute atomic E-state index is 0.248. The molecular formula is C13H16O3. The second-order valence-corrected chi connectivity index (χ2v) is 3.88. The van der Waals surface area contributed by atoms with Crippen LogP contribution in [0.3, 0.4) is 0 Å². The zero-order valence-electron chi connectivity index (χ0n) is 9.78. The first-order valence-electron chi connectivity index (χ1n) is 5.11. The predicted molar refractivity (Wildman–Crippen MR) is 63.1 cm³/mol. The molecule has 1 N–H and O–H groups in total. The Balaban J connectivity index is 2.82. The smallest absolute Gasteiger partial charge is 0.335 e. The third-order valence-electron chi connectivity index (χ3n) is 2.17. The molecule has 86 valence electrons. The number of carboxylic acid groups (broad SMARTS) is 1. The van der Waals surface area contributed by atoms with Gasteiger partial charge in [-0.3, -0.25) is 0 Å². The summed E-state index contributed by atoms with van der Waals surface area (Å²) in [5, 5.41) is 8.85. The highest BCUT2D eigenvalue weighted by Crippen LogP contribution is 2.19. The maximum absolute atomic E-state index is 10.8. The number of ether oxygens (including phenoxy) is 1. The number of carboxylic acids is 1. The minimum Gasteiger partial charge on any atom is -0.489 e. The van der Waals surface area contributed by atoms with E-state index in [2.05, 4.69) is 0 Å². The van der Waals surface area contributed by atoms with Gasteiger partial charge < -0.3 is 9.84 Å². The molecule has 0 aliphatic heterocycles. The maximum Gasteiger partial charge on any atom is 0.335 e. The van der Waals surface area contributed by atoms with Crippen molar-refractivity contribution in [2.75, 3.05) is 6.61 Å². The van der Waals surface area contributed by atoms with Gasteiger partial charge in [-0.1, -0.05) is 11.6 Å². The van der Waals surface area contributed by atoms with Crippen LogP contribution in [-0.2, 0) is 0 Å². The molecule has 16 heavy (non-hydrogen) atoms. The van der Waals surface area contributed by atoms with Gasteiger partial charge in [-0.2, -0.15) is 0 Å². The van der Waals surface area contributed by atoms with Crippen molar-refractivity contribution in [3.63, 3.8) is 0 Å². The molecule has 0 unspecified atom stereocenters. The van der Waals surface area contributed by atoms with Crippen LogP contribution in [0.15, 0.2) is 29.8 Å². The van der Waals surface area contributed by atoms with Crippen molar-refractivity contribution in [2.45, 2.75) is 20.8 Å². The van der Waals surface area contributed by atoms with E-state index in [1.807, 2.05) is 26.8 Å². The number of rotatable bonds is 4. The van der Waals surface area contributed by atoms with Gasteiger partial charge >= 0.3 is 5.97 Å².